The van der Waals surface area contributed by atoms with Gasteiger partial charge in [0.05, 0.1) is 26.1 Å². The molecule has 27 heteroatoms. The first-order valence-electron chi connectivity index (χ1n) is 24.8. The van der Waals surface area contributed by atoms with E-state index in [2.05, 4.69) is 47.5 Å². The Morgan fingerprint density at radius 1 is 0.645 bits per heavy atom. The Morgan fingerprint density at radius 3 is 1.95 bits per heavy atom. The number of aromatic nitrogens is 1. The van der Waals surface area contributed by atoms with Crippen molar-refractivity contribution in [1.82, 2.24) is 47.5 Å². The molecule has 5 heterocycles. The number of nitrogens with one attached hydrogen (secondary N) is 9. The number of carbonyl (C=O) groups excluding carboxylic acids is 8. The van der Waals surface area contributed by atoms with Gasteiger partial charge in [0, 0.05) is 36.5 Å². The average Bonchev–Trinajstić information content (AvgIpc) is 3.81. The van der Waals surface area contributed by atoms with Gasteiger partial charge in [-0.25, -0.2) is 0 Å². The van der Waals surface area contributed by atoms with E-state index in [0.29, 0.717) is 22.0 Å². The fourth-order valence-electron chi connectivity index (χ4n) is 9.34. The first-order chi connectivity index (χ1) is 36.2. The summed E-state index contributed by atoms with van der Waals surface area (Å²) in [6, 6.07) is 6.05. The minimum absolute atomic E-state index is 0.0738. The van der Waals surface area contributed by atoms with Gasteiger partial charge in [0.1, 0.15) is 85.1 Å². The van der Waals surface area contributed by atoms with Crippen molar-refractivity contribution >= 4 is 58.2 Å². The number of benzene rings is 2. The van der Waals surface area contributed by atoms with Gasteiger partial charge in [-0.3, -0.25) is 38.4 Å². The quantitative estimate of drug-likeness (QED) is 0.0757. The van der Waals surface area contributed by atoms with Crippen LogP contribution >= 0.6 is 0 Å². The summed E-state index contributed by atoms with van der Waals surface area (Å²) in [4.78, 5) is 117. The van der Waals surface area contributed by atoms with E-state index in [-0.39, 0.29) is 25.2 Å². The highest BCUT2D eigenvalue weighted by molar-refractivity contribution is 6.01. The van der Waals surface area contributed by atoms with Crippen LogP contribution in [-0.4, -0.2) is 205 Å². The van der Waals surface area contributed by atoms with Crippen LogP contribution in [0.3, 0.4) is 0 Å². The summed E-state index contributed by atoms with van der Waals surface area (Å²) < 4.78 is 16.6. The lowest BCUT2D eigenvalue weighted by molar-refractivity contribution is -0.343. The van der Waals surface area contributed by atoms with E-state index < -0.39 is 177 Å². The predicted molar refractivity (Wildman–Crippen MR) is 260 cm³/mol. The maximum atomic E-state index is 14.5. The Hall–Kier alpha value is -6.66. The van der Waals surface area contributed by atoms with E-state index in [0.717, 1.165) is 0 Å². The van der Waals surface area contributed by atoms with E-state index in [1.807, 2.05) is 0 Å². The molecule has 0 radical (unpaired) electrons. The van der Waals surface area contributed by atoms with Gasteiger partial charge in [0.2, 0.25) is 47.3 Å². The molecule has 4 fully saturated rings. The molecule has 3 aromatic rings. The van der Waals surface area contributed by atoms with Crippen LogP contribution in [0.5, 0.6) is 0 Å². The molecular formula is C49H65N9O18. The zero-order valence-corrected chi connectivity index (χ0v) is 41.4. The van der Waals surface area contributed by atoms with Crippen LogP contribution in [-0.2, 0) is 65.4 Å². The van der Waals surface area contributed by atoms with Crippen LogP contribution in [0.4, 0.5) is 0 Å². The van der Waals surface area contributed by atoms with E-state index in [1.165, 1.54) is 0 Å². The van der Waals surface area contributed by atoms with Crippen LogP contribution in [0.15, 0.2) is 60.8 Å². The lowest BCUT2D eigenvalue weighted by Crippen LogP contribution is -2.67. The molecule has 4 saturated heterocycles. The molecule has 2 bridgehead atoms. The van der Waals surface area contributed by atoms with Crippen molar-refractivity contribution in [3.05, 3.63) is 71.9 Å². The van der Waals surface area contributed by atoms with Crippen LogP contribution in [0.2, 0.25) is 0 Å². The van der Waals surface area contributed by atoms with Crippen molar-refractivity contribution in [2.24, 2.45) is 5.92 Å². The summed E-state index contributed by atoms with van der Waals surface area (Å²) in [7, 11) is 0. The van der Waals surface area contributed by atoms with Crippen molar-refractivity contribution in [3.63, 3.8) is 0 Å². The monoisotopic (exact) mass is 1070 g/mol. The molecule has 2 aromatic carbocycles. The van der Waals surface area contributed by atoms with Gasteiger partial charge >= 0.3 is 0 Å². The molecule has 0 unspecified atom stereocenters. The van der Waals surface area contributed by atoms with Crippen LogP contribution in [0, 0.1) is 5.92 Å². The summed E-state index contributed by atoms with van der Waals surface area (Å²) in [5.41, 5.74) is 1.87. The Morgan fingerprint density at radius 2 is 1.24 bits per heavy atom. The number of hydrogen-bond donors (Lipinski definition) is 16. The van der Waals surface area contributed by atoms with Gasteiger partial charge in [-0.2, -0.15) is 0 Å². The number of H-pyrrole nitrogens is 1. The maximum absolute atomic E-state index is 14.5. The topological polar surface area (TPSA) is 418 Å². The van der Waals surface area contributed by atoms with Crippen molar-refractivity contribution in [3.8, 4) is 0 Å². The van der Waals surface area contributed by atoms with Gasteiger partial charge in [0.15, 0.2) is 12.5 Å². The molecule has 0 saturated carbocycles. The molecule has 7 rings (SSSR count). The third kappa shape index (κ3) is 13.8. The molecule has 0 spiro atoms. The van der Waals surface area contributed by atoms with E-state index >= 15 is 0 Å². The Labute approximate surface area is 434 Å². The lowest BCUT2D eigenvalue weighted by Gasteiger charge is -2.46. The van der Waals surface area contributed by atoms with E-state index in [9.17, 15) is 74.1 Å². The van der Waals surface area contributed by atoms with Crippen molar-refractivity contribution in [2.75, 3.05) is 19.8 Å². The molecule has 16 atom stereocenters. The number of aliphatic hydroxyl groups is 7. The molecule has 1 aromatic heterocycles. The number of amides is 8. The number of ether oxygens (including phenoxy) is 3. The molecular weight excluding hydrogens is 1000 g/mol. The number of rotatable bonds is 13. The van der Waals surface area contributed by atoms with Crippen molar-refractivity contribution in [2.45, 2.75) is 144 Å². The molecule has 76 heavy (non-hydrogen) atoms. The Kier molecular flexibility index (Phi) is 19.1. The largest absolute Gasteiger partial charge is 0.394 e. The number of carbonyl (C=O) groups is 8. The zero-order chi connectivity index (χ0) is 55.0. The molecule has 0 aliphatic carbocycles. The van der Waals surface area contributed by atoms with Gasteiger partial charge in [-0.05, 0) is 29.5 Å². The second-order valence-electron chi connectivity index (χ2n) is 19.6. The number of aromatic amines is 1. The Bertz CT molecular complexity index is 2570. The summed E-state index contributed by atoms with van der Waals surface area (Å²) in [5.74, 6) is -8.36. The third-order valence-electron chi connectivity index (χ3n) is 13.5. The minimum atomic E-state index is -2.09. The Balaban J connectivity index is 1.18. The average molecular weight is 1070 g/mol. The molecule has 414 valence electrons. The van der Waals surface area contributed by atoms with Gasteiger partial charge in [-0.1, -0.05) is 62.4 Å². The fraction of sp³-hybridized carbons (Fsp3) is 0.551. The van der Waals surface area contributed by atoms with Gasteiger partial charge < -0.3 is 97.5 Å². The molecule has 27 nitrogen and oxygen atoms in total. The first-order valence-corrected chi connectivity index (χ1v) is 24.8. The summed E-state index contributed by atoms with van der Waals surface area (Å²) in [5, 5.41) is 94.0. The summed E-state index contributed by atoms with van der Waals surface area (Å²) in [6.45, 7) is 1.08. The van der Waals surface area contributed by atoms with E-state index in [4.69, 9.17) is 14.2 Å². The number of aliphatic hydroxyl groups excluding tert-OH is 7. The third-order valence-corrected chi connectivity index (χ3v) is 13.5. The highest BCUT2D eigenvalue weighted by Crippen LogP contribution is 2.29. The van der Waals surface area contributed by atoms with Crippen molar-refractivity contribution in [1.29, 1.82) is 0 Å². The smallest absolute Gasteiger partial charge is 0.245 e. The highest BCUT2D eigenvalue weighted by Gasteiger charge is 2.51. The second-order valence-corrected chi connectivity index (χ2v) is 19.6. The lowest BCUT2D eigenvalue weighted by atomic mass is 9.96. The molecule has 4 aliphatic heterocycles. The van der Waals surface area contributed by atoms with Crippen molar-refractivity contribution < 1.29 is 88.3 Å². The molecule has 16 N–H and O–H groups in total. The minimum Gasteiger partial charge on any atom is -0.394 e. The number of fused-ring (bicyclic) bond motifs is 6. The standard InChI is InChI=1S/C49H65N9O18/c1-21(2)12-26-42(68)56-30(16-35(62)58-48-39(66)38(65)41(33(20-60)74-48)76-49-40(67)37(64)36(63)32(19-59)75-49)46(72)55-29-15-34(61)51-18-31(47(73)52-26)57-43(69)27(13-22-8-4-3-5-9-22)53-44(70)28(54-45(29)71)14-23-17-50-25-11-7-6-10-24(23)25/h3-11,17,21,26-33,36-41,48-50,59-60,63-67H,12-16,18-20H2,1-2H3,(H,51,61)(H,52,73)(H,53,70)(H,54,71)(H,55,72)(H,56,68)(H,57,69)(H,58,62)/t26-,27-,28-,29+,30-,31+,32-,33+,36-,37+,38+,39+,40-,41+,48+,49+/m0/s1. The fourth-order valence-corrected chi connectivity index (χ4v) is 9.34. The summed E-state index contributed by atoms with van der Waals surface area (Å²) in [6.07, 6.45) is -18.8. The highest BCUT2D eigenvalue weighted by atomic mass is 16.7. The number of para-hydroxylation sites is 1. The predicted octanol–water partition coefficient (Wildman–Crippen LogP) is -6.43. The SMILES string of the molecule is CC(C)C[C@@H]1NC(=O)[C@H]2CNC(=O)C[C@@H](NC(=O)[C@H](CC(=O)N[C@@H]3O[C@H](CO)[C@@H](O[C@H]4O[C@@H](CO)[C@H](O)[C@@H](O)[C@@H]4O)[C@H](O)[C@H]3O)NC1=O)C(=O)N[C@@H](Cc1c[nH]c3ccccc13)C(=O)N[C@@H](Cc1ccccc1)C(=O)N2. The second kappa shape index (κ2) is 25.5. The first kappa shape index (κ1) is 57.1. The molecule has 8 amide bonds. The maximum Gasteiger partial charge on any atom is 0.245 e. The zero-order valence-electron chi connectivity index (χ0n) is 41.4. The van der Waals surface area contributed by atoms with Gasteiger partial charge in [0.25, 0.3) is 0 Å². The van der Waals surface area contributed by atoms with Crippen LogP contribution in [0.25, 0.3) is 10.9 Å². The molecule has 4 aliphatic rings. The summed E-state index contributed by atoms with van der Waals surface area (Å²) >= 11 is 0. The van der Waals surface area contributed by atoms with Crippen LogP contribution < -0.4 is 42.5 Å². The van der Waals surface area contributed by atoms with Gasteiger partial charge in [-0.15, -0.1) is 0 Å². The normalized spacial score (nSPS) is 33.3. The van der Waals surface area contributed by atoms with Crippen LogP contribution in [0.1, 0.15) is 44.2 Å². The number of hydrogen-bond acceptors (Lipinski definition) is 18. The van der Waals surface area contributed by atoms with E-state index in [1.54, 1.807) is 74.6 Å².